The Morgan fingerprint density at radius 2 is 2.04 bits per heavy atom. The van der Waals surface area contributed by atoms with Gasteiger partial charge in [-0.05, 0) is 43.5 Å². The van der Waals surface area contributed by atoms with Gasteiger partial charge in [0.2, 0.25) is 0 Å². The van der Waals surface area contributed by atoms with Gasteiger partial charge in [-0.15, -0.1) is 4.40 Å². The van der Waals surface area contributed by atoms with Crippen molar-refractivity contribution in [2.45, 2.75) is 25.8 Å². The van der Waals surface area contributed by atoms with Gasteiger partial charge in [-0.3, -0.25) is 4.79 Å². The number of benzene rings is 1. The molecule has 1 aromatic carbocycles. The van der Waals surface area contributed by atoms with Gasteiger partial charge in [-0.1, -0.05) is 18.2 Å². The Morgan fingerprint density at radius 3 is 2.88 bits per heavy atom. The van der Waals surface area contributed by atoms with E-state index in [1.165, 1.54) is 5.56 Å². The minimum atomic E-state index is -3.39. The molecule has 25 heavy (non-hydrogen) atoms. The molecule has 1 atom stereocenters. The highest BCUT2D eigenvalue weighted by molar-refractivity contribution is 7.90. The Morgan fingerprint density at radius 1 is 1.24 bits per heavy atom. The van der Waals surface area contributed by atoms with Gasteiger partial charge in [0.25, 0.3) is 15.9 Å². The van der Waals surface area contributed by atoms with Crippen LogP contribution < -0.4 is 4.90 Å². The van der Waals surface area contributed by atoms with Crippen molar-refractivity contribution in [2.75, 3.05) is 17.2 Å². The number of rotatable bonds is 1. The third kappa shape index (κ3) is 2.89. The predicted molar refractivity (Wildman–Crippen MR) is 96.9 cm³/mol. The van der Waals surface area contributed by atoms with E-state index in [4.69, 9.17) is 0 Å². The molecular weight excluding hydrogens is 338 g/mol. The number of carbonyl (C=O) groups excluding carboxylic acids is 1. The summed E-state index contributed by atoms with van der Waals surface area (Å²) in [5.41, 5.74) is 2.68. The van der Waals surface area contributed by atoms with Gasteiger partial charge in [0.1, 0.15) is 5.84 Å². The van der Waals surface area contributed by atoms with Crippen molar-refractivity contribution in [1.82, 2.24) is 4.90 Å². The molecule has 7 heteroatoms. The minimum absolute atomic E-state index is 0.0364. The van der Waals surface area contributed by atoms with Crippen molar-refractivity contribution < 1.29 is 13.2 Å². The second-order valence-corrected chi connectivity index (χ2v) is 8.29. The Kier molecular flexibility index (Phi) is 3.76. The summed E-state index contributed by atoms with van der Waals surface area (Å²) in [7, 11) is -3.39. The van der Waals surface area contributed by atoms with Gasteiger partial charge in [-0.2, -0.15) is 0 Å². The summed E-state index contributed by atoms with van der Waals surface area (Å²) in [5, 5.41) is 0. The third-order valence-electron chi connectivity index (χ3n) is 4.81. The smallest absolute Gasteiger partial charge is 0.260 e. The predicted octanol–water partition coefficient (Wildman–Crippen LogP) is 1.85. The van der Waals surface area contributed by atoms with Crippen molar-refractivity contribution in [3.05, 3.63) is 53.8 Å². The second-order valence-electron chi connectivity index (χ2n) is 6.54. The average Bonchev–Trinajstić information content (AvgIpc) is 2.60. The largest absolute Gasteiger partial charge is 0.330 e. The molecule has 1 aromatic rings. The van der Waals surface area contributed by atoms with E-state index in [9.17, 15) is 13.2 Å². The van der Waals surface area contributed by atoms with E-state index in [0.29, 0.717) is 18.0 Å². The van der Waals surface area contributed by atoms with E-state index >= 15 is 0 Å². The summed E-state index contributed by atoms with van der Waals surface area (Å²) >= 11 is 0. The molecular formula is C18H19N3O3S. The van der Waals surface area contributed by atoms with Crippen LogP contribution >= 0.6 is 0 Å². The first-order valence-electron chi connectivity index (χ1n) is 8.35. The second kappa shape index (κ2) is 5.84. The fraction of sp³-hybridized carbons (Fsp3) is 0.333. The topological polar surface area (TPSA) is 70.1 Å². The summed E-state index contributed by atoms with van der Waals surface area (Å²) in [5.74, 6) is 0.268. The Labute approximate surface area is 147 Å². The molecule has 4 rings (SSSR count). The quantitative estimate of drug-likeness (QED) is 0.769. The molecule has 0 unspecified atom stereocenters. The Balaban J connectivity index is 1.67. The summed E-state index contributed by atoms with van der Waals surface area (Å²) in [6, 6.07) is 8.10. The minimum Gasteiger partial charge on any atom is -0.330 e. The summed E-state index contributed by atoms with van der Waals surface area (Å²) < 4.78 is 27.0. The van der Waals surface area contributed by atoms with Crippen LogP contribution in [0.1, 0.15) is 18.9 Å². The van der Waals surface area contributed by atoms with Crippen molar-refractivity contribution >= 4 is 27.5 Å². The van der Waals surface area contributed by atoms with Crippen molar-refractivity contribution in [1.29, 1.82) is 0 Å². The normalized spacial score (nSPS) is 24.1. The molecule has 3 heterocycles. The zero-order valence-electron chi connectivity index (χ0n) is 13.9. The lowest BCUT2D eigenvalue weighted by Gasteiger charge is -2.36. The highest BCUT2D eigenvalue weighted by atomic mass is 32.2. The summed E-state index contributed by atoms with van der Waals surface area (Å²) in [6.07, 6.45) is 6.86. The molecule has 0 radical (unpaired) electrons. The number of amides is 1. The van der Waals surface area contributed by atoms with Gasteiger partial charge in [0.15, 0.2) is 0 Å². The number of nitrogens with zero attached hydrogens (tertiary/aromatic N) is 3. The average molecular weight is 357 g/mol. The number of para-hydroxylation sites is 1. The van der Waals surface area contributed by atoms with Crippen LogP contribution in [-0.4, -0.2) is 43.4 Å². The number of fused-ring (bicyclic) bond motifs is 2. The molecule has 3 aliphatic heterocycles. The number of carbonyl (C=O) groups is 1. The standard InChI is InChI=1S/C18H19N3O3S/c1-13-6-7-14-4-2-3-5-16(14)21(13)18(22)15-8-9-17-19-25(23,24)11-10-20(17)12-15/h2-5,8-9,12-13H,6-7,10-11H2,1H3/t13-/m0/s1. The fourth-order valence-corrected chi connectivity index (χ4v) is 4.43. The highest BCUT2D eigenvalue weighted by Gasteiger charge is 2.31. The zero-order chi connectivity index (χ0) is 17.6. The van der Waals surface area contributed by atoms with Crippen molar-refractivity contribution in [2.24, 2.45) is 4.40 Å². The number of aryl methyl sites for hydroxylation is 1. The maximum absolute atomic E-state index is 13.1. The SMILES string of the molecule is C[C@H]1CCc2ccccc2N1C(=O)C1=CN2CCS(=O)(=O)N=C2C=C1. The number of sulfonamides is 1. The van der Waals surface area contributed by atoms with E-state index in [1.807, 2.05) is 23.1 Å². The summed E-state index contributed by atoms with van der Waals surface area (Å²) in [4.78, 5) is 16.7. The lowest BCUT2D eigenvalue weighted by molar-refractivity contribution is -0.115. The lowest BCUT2D eigenvalue weighted by Crippen LogP contribution is -2.44. The van der Waals surface area contributed by atoms with Crippen LogP contribution in [0.25, 0.3) is 0 Å². The van der Waals surface area contributed by atoms with Crippen molar-refractivity contribution in [3.63, 3.8) is 0 Å². The van der Waals surface area contributed by atoms with E-state index in [0.717, 1.165) is 18.5 Å². The zero-order valence-corrected chi connectivity index (χ0v) is 14.7. The van der Waals surface area contributed by atoms with Crippen LogP contribution in [0.4, 0.5) is 5.69 Å². The van der Waals surface area contributed by atoms with E-state index in [2.05, 4.69) is 17.4 Å². The fourth-order valence-electron chi connectivity index (χ4n) is 3.46. The molecule has 0 aromatic heterocycles. The monoisotopic (exact) mass is 357 g/mol. The third-order valence-corrected chi connectivity index (χ3v) is 5.98. The number of amidine groups is 1. The first-order valence-corrected chi connectivity index (χ1v) is 9.96. The Bertz CT molecular complexity index is 931. The van der Waals surface area contributed by atoms with Gasteiger partial charge in [0, 0.05) is 24.5 Å². The van der Waals surface area contributed by atoms with Gasteiger partial charge >= 0.3 is 0 Å². The lowest BCUT2D eigenvalue weighted by atomic mass is 9.95. The molecule has 6 nitrogen and oxygen atoms in total. The van der Waals surface area contributed by atoms with Crippen LogP contribution in [0.15, 0.2) is 52.6 Å². The number of anilines is 1. The van der Waals surface area contributed by atoms with Gasteiger partial charge < -0.3 is 9.80 Å². The van der Waals surface area contributed by atoms with E-state index in [-0.39, 0.29) is 17.7 Å². The number of hydrogen-bond acceptors (Lipinski definition) is 4. The van der Waals surface area contributed by atoms with Crippen LogP contribution in [0.2, 0.25) is 0 Å². The first kappa shape index (κ1) is 16.1. The van der Waals surface area contributed by atoms with Crippen LogP contribution in [-0.2, 0) is 21.2 Å². The number of hydrogen-bond donors (Lipinski definition) is 0. The van der Waals surface area contributed by atoms with E-state index in [1.54, 1.807) is 23.3 Å². The molecule has 1 amide bonds. The van der Waals surface area contributed by atoms with E-state index < -0.39 is 10.0 Å². The first-order chi connectivity index (χ1) is 11.9. The van der Waals surface area contributed by atoms with Gasteiger partial charge in [0.05, 0.1) is 11.3 Å². The molecule has 0 aliphatic carbocycles. The maximum Gasteiger partial charge on any atom is 0.260 e. The molecule has 0 bridgehead atoms. The van der Waals surface area contributed by atoms with Gasteiger partial charge in [-0.25, -0.2) is 8.42 Å². The van der Waals surface area contributed by atoms with Crippen LogP contribution in [0.5, 0.6) is 0 Å². The molecule has 0 N–H and O–H groups in total. The van der Waals surface area contributed by atoms with Crippen LogP contribution in [0, 0.1) is 0 Å². The molecule has 130 valence electrons. The highest BCUT2D eigenvalue weighted by Crippen LogP contribution is 2.32. The molecule has 0 fully saturated rings. The molecule has 3 aliphatic rings. The van der Waals surface area contributed by atoms with Crippen molar-refractivity contribution in [3.8, 4) is 0 Å². The molecule has 0 saturated carbocycles. The molecule has 0 saturated heterocycles. The molecule has 0 spiro atoms. The summed E-state index contributed by atoms with van der Waals surface area (Å²) in [6.45, 7) is 2.37. The van der Waals surface area contributed by atoms with Crippen LogP contribution in [0.3, 0.4) is 0 Å². The Hall–Kier alpha value is -2.41. The maximum atomic E-state index is 13.1.